The van der Waals surface area contributed by atoms with Crippen LogP contribution in [0.1, 0.15) is 5.56 Å². The van der Waals surface area contributed by atoms with Crippen LogP contribution in [0.5, 0.6) is 5.88 Å². The summed E-state index contributed by atoms with van der Waals surface area (Å²) in [7, 11) is 0. The van der Waals surface area contributed by atoms with E-state index in [1.165, 1.54) is 0 Å². The van der Waals surface area contributed by atoms with Gasteiger partial charge in [0.15, 0.2) is 6.20 Å². The molecule has 148 valence electrons. The summed E-state index contributed by atoms with van der Waals surface area (Å²) in [6.45, 7) is 3.91. The van der Waals surface area contributed by atoms with E-state index >= 15 is 0 Å². The highest BCUT2D eigenvalue weighted by Crippen LogP contribution is 2.38. The third-order valence-electron chi connectivity index (χ3n) is 5.33. The minimum Gasteiger partial charge on any atom is -0.618 e. The second-order valence-corrected chi connectivity index (χ2v) is 8.17. The second kappa shape index (κ2) is 7.51. The number of aromatic nitrogens is 2. The van der Waals surface area contributed by atoms with Crippen molar-refractivity contribution in [1.29, 1.82) is 0 Å². The van der Waals surface area contributed by atoms with Crippen LogP contribution in [0.2, 0.25) is 0 Å². The largest absolute Gasteiger partial charge is 0.618 e. The highest BCUT2D eigenvalue weighted by molar-refractivity contribution is 7.13. The Labute approximate surface area is 172 Å². The molecule has 6 nitrogen and oxygen atoms in total. The summed E-state index contributed by atoms with van der Waals surface area (Å²) in [6, 6.07) is 13.8. The van der Waals surface area contributed by atoms with Gasteiger partial charge in [-0.3, -0.25) is 4.90 Å². The van der Waals surface area contributed by atoms with E-state index in [0.29, 0.717) is 17.8 Å². The van der Waals surface area contributed by atoms with E-state index in [1.807, 2.05) is 35.7 Å². The maximum Gasteiger partial charge on any atom is 0.229 e. The Morgan fingerprint density at radius 3 is 2.79 bits per heavy atom. The van der Waals surface area contributed by atoms with Gasteiger partial charge in [-0.1, -0.05) is 12.1 Å². The van der Waals surface area contributed by atoms with Gasteiger partial charge in [-0.05, 0) is 35.2 Å². The lowest BCUT2D eigenvalue weighted by atomic mass is 10.0. The number of aromatic hydroxyl groups is 1. The maximum absolute atomic E-state index is 12.8. The SMILES string of the molecule is [O-][n+]1cc(CN2CCOCC2)ccc1-c1c(O)[nH]c2ccc(-c3cccs3)cc12. The van der Waals surface area contributed by atoms with Gasteiger partial charge in [0.2, 0.25) is 11.6 Å². The van der Waals surface area contributed by atoms with Gasteiger partial charge in [-0.25, -0.2) is 0 Å². The Kier molecular flexibility index (Phi) is 4.71. The van der Waals surface area contributed by atoms with Crippen molar-refractivity contribution >= 4 is 22.2 Å². The number of hydrogen-bond acceptors (Lipinski definition) is 5. The molecule has 0 bridgehead atoms. The van der Waals surface area contributed by atoms with Crippen LogP contribution in [-0.2, 0) is 11.3 Å². The fourth-order valence-electron chi connectivity index (χ4n) is 3.86. The molecule has 0 amide bonds. The fraction of sp³-hybridized carbons (Fsp3) is 0.227. The molecule has 1 aliphatic rings. The van der Waals surface area contributed by atoms with Gasteiger partial charge in [0.25, 0.3) is 0 Å². The molecule has 1 saturated heterocycles. The number of rotatable bonds is 4. The zero-order chi connectivity index (χ0) is 19.8. The standard InChI is InChI=1S/C22H21N3O3S/c26-22-21(17-12-16(4-5-18(17)23-22)20-2-1-11-29-20)19-6-3-15(14-25(19)27)13-24-7-9-28-10-8-24/h1-6,11-12,14,23,26H,7-10,13H2. The smallest absolute Gasteiger partial charge is 0.229 e. The van der Waals surface area contributed by atoms with Crippen LogP contribution in [0, 0.1) is 5.21 Å². The number of hydrogen-bond donors (Lipinski definition) is 2. The van der Waals surface area contributed by atoms with Crippen molar-refractivity contribution in [2.75, 3.05) is 26.3 Å². The lowest BCUT2D eigenvalue weighted by molar-refractivity contribution is -0.594. The number of thiophene rings is 1. The summed E-state index contributed by atoms with van der Waals surface area (Å²) >= 11 is 1.66. The predicted molar refractivity (Wildman–Crippen MR) is 114 cm³/mol. The van der Waals surface area contributed by atoms with E-state index in [-0.39, 0.29) is 5.88 Å². The molecule has 0 radical (unpaired) electrons. The van der Waals surface area contributed by atoms with Crippen LogP contribution >= 0.6 is 11.3 Å². The molecule has 2 N–H and O–H groups in total. The van der Waals surface area contributed by atoms with E-state index < -0.39 is 0 Å². The molecule has 1 fully saturated rings. The molecule has 0 unspecified atom stereocenters. The first-order valence-corrected chi connectivity index (χ1v) is 10.5. The summed E-state index contributed by atoms with van der Waals surface area (Å²) in [5, 5.41) is 26.2. The van der Waals surface area contributed by atoms with E-state index in [4.69, 9.17) is 4.74 Å². The average molecular weight is 407 g/mol. The van der Waals surface area contributed by atoms with Crippen molar-refractivity contribution in [3.63, 3.8) is 0 Å². The quantitative estimate of drug-likeness (QED) is 0.399. The Balaban J connectivity index is 1.52. The third-order valence-corrected chi connectivity index (χ3v) is 6.25. The van der Waals surface area contributed by atoms with Gasteiger partial charge < -0.3 is 20.0 Å². The van der Waals surface area contributed by atoms with Crippen LogP contribution in [0.3, 0.4) is 0 Å². The van der Waals surface area contributed by atoms with Crippen LogP contribution < -0.4 is 4.73 Å². The monoisotopic (exact) mass is 407 g/mol. The highest BCUT2D eigenvalue weighted by atomic mass is 32.1. The zero-order valence-corrected chi connectivity index (χ0v) is 16.6. The minimum absolute atomic E-state index is 0.00820. The van der Waals surface area contributed by atoms with Crippen molar-refractivity contribution in [3.05, 3.63) is 64.8 Å². The fourth-order valence-corrected chi connectivity index (χ4v) is 4.58. The number of aromatic amines is 1. The number of nitrogens with one attached hydrogen (secondary N) is 1. The molecular weight excluding hydrogens is 386 g/mol. The molecule has 3 aromatic heterocycles. The molecule has 7 heteroatoms. The number of benzene rings is 1. The number of H-pyrrole nitrogens is 1. The van der Waals surface area contributed by atoms with Crippen LogP contribution in [0.15, 0.2) is 54.0 Å². The second-order valence-electron chi connectivity index (χ2n) is 7.22. The number of fused-ring (bicyclic) bond motifs is 1. The molecule has 0 spiro atoms. The molecule has 29 heavy (non-hydrogen) atoms. The van der Waals surface area contributed by atoms with E-state index in [2.05, 4.69) is 16.0 Å². The molecular formula is C22H21N3O3S. The number of ether oxygens (including phenoxy) is 1. The summed E-state index contributed by atoms with van der Waals surface area (Å²) in [5.41, 5.74) is 3.78. The maximum atomic E-state index is 12.8. The average Bonchev–Trinajstić information content (AvgIpc) is 3.36. The zero-order valence-electron chi connectivity index (χ0n) is 15.8. The summed E-state index contributed by atoms with van der Waals surface area (Å²) in [6.07, 6.45) is 1.60. The summed E-state index contributed by atoms with van der Waals surface area (Å²) < 4.78 is 6.24. The van der Waals surface area contributed by atoms with Crippen LogP contribution in [0.4, 0.5) is 0 Å². The lowest BCUT2D eigenvalue weighted by Gasteiger charge is -2.26. The summed E-state index contributed by atoms with van der Waals surface area (Å²) in [5.74, 6) is 0.00820. The van der Waals surface area contributed by atoms with Crippen LogP contribution in [-0.4, -0.2) is 41.3 Å². The first kappa shape index (κ1) is 18.2. The van der Waals surface area contributed by atoms with Gasteiger partial charge in [-0.15, -0.1) is 11.3 Å². The van der Waals surface area contributed by atoms with E-state index in [0.717, 1.165) is 57.9 Å². The summed E-state index contributed by atoms with van der Waals surface area (Å²) in [4.78, 5) is 6.41. The third kappa shape index (κ3) is 3.48. The Morgan fingerprint density at radius 2 is 2.03 bits per heavy atom. The molecule has 0 aliphatic carbocycles. The van der Waals surface area contributed by atoms with Crippen LogP contribution in [0.25, 0.3) is 32.6 Å². The molecule has 0 saturated carbocycles. The van der Waals surface area contributed by atoms with Gasteiger partial charge in [0.1, 0.15) is 5.56 Å². The van der Waals surface area contributed by atoms with Gasteiger partial charge in [0.05, 0.1) is 13.2 Å². The topological polar surface area (TPSA) is 75.4 Å². The Morgan fingerprint density at radius 1 is 1.17 bits per heavy atom. The lowest BCUT2D eigenvalue weighted by Crippen LogP contribution is -2.37. The number of nitrogens with zero attached hydrogens (tertiary/aromatic N) is 2. The minimum atomic E-state index is 0.00820. The Bertz CT molecular complexity index is 1150. The van der Waals surface area contributed by atoms with Gasteiger partial charge >= 0.3 is 0 Å². The molecule has 4 aromatic rings. The van der Waals surface area contributed by atoms with Gasteiger partial charge in [-0.2, -0.15) is 4.73 Å². The van der Waals surface area contributed by atoms with Crippen molar-refractivity contribution < 1.29 is 14.6 Å². The van der Waals surface area contributed by atoms with E-state index in [9.17, 15) is 10.3 Å². The first-order valence-electron chi connectivity index (χ1n) is 9.60. The highest BCUT2D eigenvalue weighted by Gasteiger charge is 2.21. The first-order chi connectivity index (χ1) is 14.2. The molecule has 1 aliphatic heterocycles. The normalized spacial score (nSPS) is 15.2. The Hall–Kier alpha value is -2.87. The number of pyridine rings is 1. The van der Waals surface area contributed by atoms with Crippen molar-refractivity contribution in [1.82, 2.24) is 9.88 Å². The molecule has 4 heterocycles. The molecule has 5 rings (SSSR count). The van der Waals surface area contributed by atoms with Crippen molar-refractivity contribution in [2.24, 2.45) is 0 Å². The van der Waals surface area contributed by atoms with Crippen molar-refractivity contribution in [3.8, 4) is 27.6 Å². The molecule has 1 aromatic carbocycles. The number of morpholine rings is 1. The van der Waals surface area contributed by atoms with Crippen molar-refractivity contribution in [2.45, 2.75) is 6.54 Å². The van der Waals surface area contributed by atoms with Gasteiger partial charge in [0, 0.05) is 47.0 Å². The van der Waals surface area contributed by atoms with E-state index in [1.54, 1.807) is 23.6 Å². The molecule has 0 atom stereocenters. The predicted octanol–water partition coefficient (Wildman–Crippen LogP) is 3.73.